The molecule has 2 heterocycles. The summed E-state index contributed by atoms with van der Waals surface area (Å²) < 4.78 is 3.40. The molecule has 0 fully saturated rings. The third kappa shape index (κ3) is 1.87. The lowest BCUT2D eigenvalue weighted by Crippen LogP contribution is -2.25. The molecule has 0 bridgehead atoms. The van der Waals surface area contributed by atoms with Crippen molar-refractivity contribution in [2.75, 3.05) is 0 Å². The van der Waals surface area contributed by atoms with Crippen LogP contribution in [0, 0.1) is 11.7 Å². The Balaban J connectivity index is 2.38. The first-order valence-corrected chi connectivity index (χ1v) is 6.68. The molecule has 102 valence electrons. The van der Waals surface area contributed by atoms with Crippen molar-refractivity contribution >= 4 is 18.0 Å². The zero-order valence-corrected chi connectivity index (χ0v) is 11.9. The molecule has 2 aromatic heterocycles. The highest BCUT2D eigenvalue weighted by Crippen LogP contribution is 2.14. The number of H-pyrrole nitrogens is 1. The molecule has 0 aliphatic carbocycles. The van der Waals surface area contributed by atoms with Crippen LogP contribution in [0.25, 0.3) is 17.0 Å². The molecule has 0 atom stereocenters. The minimum Gasteiger partial charge on any atom is -0.274 e. The Morgan fingerprint density at radius 2 is 2.00 bits per heavy atom. The number of hydrogen-bond acceptors (Lipinski definition) is 4. The standard InChI is InChI=1S/C13H13N5OS/c1-3-17-11(19)10(9-6-4-8(2)5-7-9)16-18-12(17)14-15-13(18)20/h4-7H,3H2,1-2H3,(H,15,20). The highest BCUT2D eigenvalue weighted by atomic mass is 32.1. The molecule has 0 aliphatic rings. The predicted molar refractivity (Wildman–Crippen MR) is 78.3 cm³/mol. The molecule has 0 radical (unpaired) electrons. The van der Waals surface area contributed by atoms with Gasteiger partial charge < -0.3 is 0 Å². The number of nitrogens with zero attached hydrogens (tertiary/aromatic N) is 4. The minimum absolute atomic E-state index is 0.169. The summed E-state index contributed by atoms with van der Waals surface area (Å²) in [7, 11) is 0. The predicted octanol–water partition coefficient (Wildman–Crippen LogP) is 1.94. The fourth-order valence-electron chi connectivity index (χ4n) is 2.09. The van der Waals surface area contributed by atoms with Crippen LogP contribution >= 0.6 is 12.2 Å². The lowest BCUT2D eigenvalue weighted by atomic mass is 10.1. The average Bonchev–Trinajstić information content (AvgIpc) is 2.81. The molecule has 0 aliphatic heterocycles. The molecule has 0 amide bonds. The number of benzene rings is 1. The molecule has 7 heteroatoms. The Labute approximate surface area is 119 Å². The lowest BCUT2D eigenvalue weighted by molar-refractivity contribution is 0.697. The first-order valence-electron chi connectivity index (χ1n) is 6.27. The maximum atomic E-state index is 12.5. The molecular weight excluding hydrogens is 274 g/mol. The summed E-state index contributed by atoms with van der Waals surface area (Å²) in [4.78, 5) is 12.5. The molecule has 0 unspecified atom stereocenters. The van der Waals surface area contributed by atoms with E-state index < -0.39 is 0 Å². The molecular formula is C13H13N5OS. The van der Waals surface area contributed by atoms with Gasteiger partial charge in [-0.3, -0.25) is 9.36 Å². The molecule has 6 nitrogen and oxygen atoms in total. The van der Waals surface area contributed by atoms with Gasteiger partial charge in [-0.05, 0) is 26.1 Å². The van der Waals surface area contributed by atoms with Gasteiger partial charge in [0.05, 0.1) is 0 Å². The summed E-state index contributed by atoms with van der Waals surface area (Å²) >= 11 is 5.14. The van der Waals surface area contributed by atoms with Crippen LogP contribution in [0.3, 0.4) is 0 Å². The smallest absolute Gasteiger partial charge is 0.274 e. The average molecular weight is 287 g/mol. The summed E-state index contributed by atoms with van der Waals surface area (Å²) in [5.74, 6) is 0.429. The number of hydrogen-bond donors (Lipinski definition) is 1. The maximum Gasteiger partial charge on any atom is 0.281 e. The molecule has 0 saturated heterocycles. The van der Waals surface area contributed by atoms with E-state index in [1.807, 2.05) is 38.1 Å². The summed E-state index contributed by atoms with van der Waals surface area (Å²) in [6, 6.07) is 7.67. The number of fused-ring (bicyclic) bond motifs is 1. The van der Waals surface area contributed by atoms with Crippen molar-refractivity contribution in [2.24, 2.45) is 0 Å². The van der Waals surface area contributed by atoms with Crippen molar-refractivity contribution in [3.63, 3.8) is 0 Å². The summed E-state index contributed by atoms with van der Waals surface area (Å²) in [5, 5.41) is 11.0. The van der Waals surface area contributed by atoms with Crippen molar-refractivity contribution < 1.29 is 0 Å². The van der Waals surface area contributed by atoms with Crippen LogP contribution in [0.2, 0.25) is 0 Å². The van der Waals surface area contributed by atoms with Gasteiger partial charge in [-0.15, -0.1) is 5.10 Å². The van der Waals surface area contributed by atoms with Gasteiger partial charge in [-0.25, -0.2) is 5.10 Å². The van der Waals surface area contributed by atoms with Gasteiger partial charge in [0.15, 0.2) is 5.69 Å². The third-order valence-corrected chi connectivity index (χ3v) is 3.43. The largest absolute Gasteiger partial charge is 0.281 e. The van der Waals surface area contributed by atoms with Crippen LogP contribution in [0.15, 0.2) is 29.1 Å². The van der Waals surface area contributed by atoms with Gasteiger partial charge in [0.2, 0.25) is 4.77 Å². The fourth-order valence-corrected chi connectivity index (χ4v) is 2.26. The van der Waals surface area contributed by atoms with Crippen molar-refractivity contribution in [3.05, 3.63) is 45.0 Å². The van der Waals surface area contributed by atoms with Crippen molar-refractivity contribution in [3.8, 4) is 11.3 Å². The molecule has 1 N–H and O–H groups in total. The highest BCUT2D eigenvalue weighted by Gasteiger charge is 2.13. The quantitative estimate of drug-likeness (QED) is 0.731. The van der Waals surface area contributed by atoms with Gasteiger partial charge in [-0.1, -0.05) is 29.8 Å². The van der Waals surface area contributed by atoms with E-state index in [1.165, 1.54) is 4.52 Å². The third-order valence-electron chi connectivity index (χ3n) is 3.16. The number of aromatic amines is 1. The number of aryl methyl sites for hydroxylation is 2. The first kappa shape index (κ1) is 12.7. The Bertz CT molecular complexity index is 888. The van der Waals surface area contributed by atoms with Crippen molar-refractivity contribution in [1.29, 1.82) is 0 Å². The van der Waals surface area contributed by atoms with E-state index in [-0.39, 0.29) is 5.56 Å². The fraction of sp³-hybridized carbons (Fsp3) is 0.231. The maximum absolute atomic E-state index is 12.5. The van der Waals surface area contributed by atoms with Crippen LogP contribution in [0.1, 0.15) is 12.5 Å². The molecule has 3 aromatic rings. The van der Waals surface area contributed by atoms with Crippen molar-refractivity contribution in [2.45, 2.75) is 20.4 Å². The minimum atomic E-state index is -0.169. The van der Waals surface area contributed by atoms with E-state index in [0.29, 0.717) is 22.8 Å². The molecule has 1 aromatic carbocycles. The highest BCUT2D eigenvalue weighted by molar-refractivity contribution is 7.71. The Morgan fingerprint density at radius 3 is 2.65 bits per heavy atom. The van der Waals surface area contributed by atoms with Crippen LogP contribution in [-0.4, -0.2) is 24.4 Å². The van der Waals surface area contributed by atoms with E-state index in [0.717, 1.165) is 11.1 Å². The van der Waals surface area contributed by atoms with E-state index in [1.54, 1.807) is 4.57 Å². The van der Waals surface area contributed by atoms with E-state index in [2.05, 4.69) is 15.3 Å². The number of nitrogens with one attached hydrogen (secondary N) is 1. The first-order chi connectivity index (χ1) is 9.61. The van der Waals surface area contributed by atoms with Crippen LogP contribution < -0.4 is 5.56 Å². The number of aromatic nitrogens is 5. The monoisotopic (exact) mass is 287 g/mol. The molecule has 20 heavy (non-hydrogen) atoms. The molecule has 0 spiro atoms. The molecule has 3 rings (SSSR count). The topological polar surface area (TPSA) is 68.0 Å². The summed E-state index contributed by atoms with van der Waals surface area (Å²) in [6.07, 6.45) is 0. The van der Waals surface area contributed by atoms with Crippen molar-refractivity contribution in [1.82, 2.24) is 24.4 Å². The summed E-state index contributed by atoms with van der Waals surface area (Å²) in [6.45, 7) is 4.39. The molecule has 0 saturated carbocycles. The van der Waals surface area contributed by atoms with Crippen LogP contribution in [0.4, 0.5) is 0 Å². The van der Waals surface area contributed by atoms with Gasteiger partial charge in [0.25, 0.3) is 11.3 Å². The van der Waals surface area contributed by atoms with E-state index in [4.69, 9.17) is 12.2 Å². The van der Waals surface area contributed by atoms with Gasteiger partial charge >= 0.3 is 0 Å². The Hall–Kier alpha value is -2.28. The van der Waals surface area contributed by atoms with Gasteiger partial charge in [0, 0.05) is 12.1 Å². The normalized spacial score (nSPS) is 11.1. The van der Waals surface area contributed by atoms with Crippen LogP contribution in [-0.2, 0) is 6.54 Å². The van der Waals surface area contributed by atoms with E-state index in [9.17, 15) is 4.79 Å². The van der Waals surface area contributed by atoms with Gasteiger partial charge in [-0.2, -0.15) is 9.61 Å². The van der Waals surface area contributed by atoms with Crippen LogP contribution in [0.5, 0.6) is 0 Å². The second kappa shape index (κ2) is 4.68. The van der Waals surface area contributed by atoms with Gasteiger partial charge in [0.1, 0.15) is 0 Å². The number of rotatable bonds is 2. The summed E-state index contributed by atoms with van der Waals surface area (Å²) in [5.41, 5.74) is 2.10. The van der Waals surface area contributed by atoms with E-state index >= 15 is 0 Å². The second-order valence-corrected chi connectivity index (χ2v) is 4.89. The Kier molecular flexibility index (Phi) is 2.98. The zero-order chi connectivity index (χ0) is 14.3. The SMILES string of the molecule is CCn1c(=O)c(-c2ccc(C)cc2)nn2c(=S)[nH]nc12. The Morgan fingerprint density at radius 1 is 1.30 bits per heavy atom. The lowest BCUT2D eigenvalue weighted by Gasteiger charge is -2.07. The second-order valence-electron chi connectivity index (χ2n) is 4.50. The zero-order valence-electron chi connectivity index (χ0n) is 11.1.